The van der Waals surface area contributed by atoms with Gasteiger partial charge in [-0.1, -0.05) is 36.0 Å². The van der Waals surface area contributed by atoms with Gasteiger partial charge in [0, 0.05) is 38.0 Å². The molecule has 5 nitrogen and oxygen atoms in total. The summed E-state index contributed by atoms with van der Waals surface area (Å²) in [5, 5.41) is 7.57. The van der Waals surface area contributed by atoms with Crippen molar-refractivity contribution in [1.29, 1.82) is 0 Å². The van der Waals surface area contributed by atoms with E-state index in [0.717, 1.165) is 50.1 Å². The van der Waals surface area contributed by atoms with Gasteiger partial charge in [0.1, 0.15) is 0 Å². The van der Waals surface area contributed by atoms with Gasteiger partial charge in [-0.25, -0.2) is 4.57 Å². The lowest BCUT2D eigenvalue weighted by Crippen LogP contribution is -2.34. The van der Waals surface area contributed by atoms with Gasteiger partial charge in [-0.15, -0.1) is 0 Å². The molecule has 0 saturated carbocycles. The Labute approximate surface area is 178 Å². The molecule has 1 aliphatic heterocycles. The van der Waals surface area contributed by atoms with Crippen molar-refractivity contribution in [3.05, 3.63) is 59.9 Å². The SMILES string of the molecule is CNCCCN(C)c1ccc(/C=C/c2cc[n+](CCSC3=NCCN3)cc2)cc1. The Kier molecular flexibility index (Phi) is 8.58. The summed E-state index contributed by atoms with van der Waals surface area (Å²) in [4.78, 5) is 6.71. The second kappa shape index (κ2) is 11.6. The van der Waals surface area contributed by atoms with E-state index in [4.69, 9.17) is 0 Å². The zero-order chi connectivity index (χ0) is 20.3. The summed E-state index contributed by atoms with van der Waals surface area (Å²) in [5.74, 6) is 1.03. The molecule has 0 spiro atoms. The zero-order valence-electron chi connectivity index (χ0n) is 17.5. The lowest BCUT2D eigenvalue weighted by molar-refractivity contribution is -0.692. The number of hydrogen-bond acceptors (Lipinski definition) is 5. The molecule has 0 aliphatic carbocycles. The molecule has 1 aromatic heterocycles. The van der Waals surface area contributed by atoms with Crippen LogP contribution in [0.3, 0.4) is 0 Å². The minimum absolute atomic E-state index is 0.909. The fourth-order valence-corrected chi connectivity index (χ4v) is 3.99. The van der Waals surface area contributed by atoms with Gasteiger partial charge >= 0.3 is 0 Å². The van der Waals surface area contributed by atoms with Crippen LogP contribution in [0.4, 0.5) is 5.69 Å². The Morgan fingerprint density at radius 1 is 1.14 bits per heavy atom. The molecule has 2 aromatic rings. The van der Waals surface area contributed by atoms with Crippen LogP contribution in [0.1, 0.15) is 17.5 Å². The zero-order valence-corrected chi connectivity index (χ0v) is 18.3. The third kappa shape index (κ3) is 7.22. The summed E-state index contributed by atoms with van der Waals surface area (Å²) in [5.41, 5.74) is 3.69. The lowest BCUT2D eigenvalue weighted by atomic mass is 10.1. The maximum atomic E-state index is 4.41. The number of nitrogens with one attached hydrogen (secondary N) is 2. The number of benzene rings is 1. The molecular weight excluding hydrogens is 378 g/mol. The molecule has 0 amide bonds. The normalized spacial score (nSPS) is 13.5. The molecule has 6 heteroatoms. The van der Waals surface area contributed by atoms with Crippen LogP contribution in [0.5, 0.6) is 0 Å². The number of aliphatic imine (C=N–C) groups is 1. The Hall–Kier alpha value is -2.31. The number of amidine groups is 1. The van der Waals surface area contributed by atoms with Crippen LogP contribution in [0.2, 0.25) is 0 Å². The van der Waals surface area contributed by atoms with Crippen molar-refractivity contribution in [2.75, 3.05) is 50.9 Å². The smallest absolute Gasteiger partial charge is 0.169 e. The second-order valence-electron chi connectivity index (χ2n) is 7.13. The third-order valence-electron chi connectivity index (χ3n) is 4.87. The van der Waals surface area contributed by atoms with Crippen LogP contribution in [0.15, 0.2) is 53.8 Å². The largest absolute Gasteiger partial charge is 0.375 e. The molecule has 154 valence electrons. The number of anilines is 1. The van der Waals surface area contributed by atoms with Crippen LogP contribution in [-0.4, -0.2) is 51.2 Å². The highest BCUT2D eigenvalue weighted by Crippen LogP contribution is 2.16. The minimum Gasteiger partial charge on any atom is -0.375 e. The van der Waals surface area contributed by atoms with Gasteiger partial charge in [0.05, 0.1) is 12.3 Å². The van der Waals surface area contributed by atoms with Gasteiger partial charge in [-0.2, -0.15) is 0 Å². The highest BCUT2D eigenvalue weighted by molar-refractivity contribution is 8.13. The maximum Gasteiger partial charge on any atom is 0.169 e. The van der Waals surface area contributed by atoms with Crippen molar-refractivity contribution in [3.8, 4) is 0 Å². The van der Waals surface area contributed by atoms with Gasteiger partial charge in [0.15, 0.2) is 24.1 Å². The molecular formula is C23H32N5S+. The second-order valence-corrected chi connectivity index (χ2v) is 8.22. The molecule has 3 rings (SSSR count). The molecule has 2 heterocycles. The number of rotatable bonds is 10. The number of pyridine rings is 1. The van der Waals surface area contributed by atoms with E-state index in [2.05, 4.69) is 93.1 Å². The first-order chi connectivity index (χ1) is 14.2. The summed E-state index contributed by atoms with van der Waals surface area (Å²) >= 11 is 1.80. The topological polar surface area (TPSA) is 43.5 Å². The van der Waals surface area contributed by atoms with E-state index in [1.165, 1.54) is 16.8 Å². The average molecular weight is 411 g/mol. The number of aromatic nitrogens is 1. The van der Waals surface area contributed by atoms with Crippen molar-refractivity contribution in [2.45, 2.75) is 13.0 Å². The van der Waals surface area contributed by atoms with E-state index in [1.807, 2.05) is 7.05 Å². The van der Waals surface area contributed by atoms with E-state index in [0.29, 0.717) is 0 Å². The Bertz CT molecular complexity index is 799. The van der Waals surface area contributed by atoms with E-state index >= 15 is 0 Å². The summed E-state index contributed by atoms with van der Waals surface area (Å²) in [6, 6.07) is 13.1. The predicted molar refractivity (Wildman–Crippen MR) is 127 cm³/mol. The molecule has 0 saturated heterocycles. The maximum absolute atomic E-state index is 4.41. The van der Waals surface area contributed by atoms with Gasteiger partial charge in [0.25, 0.3) is 0 Å². The van der Waals surface area contributed by atoms with Gasteiger partial charge < -0.3 is 15.5 Å². The van der Waals surface area contributed by atoms with Crippen molar-refractivity contribution in [1.82, 2.24) is 10.6 Å². The van der Waals surface area contributed by atoms with E-state index < -0.39 is 0 Å². The Balaban J connectivity index is 1.46. The average Bonchev–Trinajstić information content (AvgIpc) is 3.27. The summed E-state index contributed by atoms with van der Waals surface area (Å²) < 4.78 is 2.22. The molecule has 0 atom stereocenters. The van der Waals surface area contributed by atoms with E-state index in [-0.39, 0.29) is 0 Å². The Morgan fingerprint density at radius 2 is 1.86 bits per heavy atom. The summed E-state index contributed by atoms with van der Waals surface area (Å²) in [6.07, 6.45) is 9.78. The van der Waals surface area contributed by atoms with Gasteiger partial charge in [-0.3, -0.25) is 4.99 Å². The highest BCUT2D eigenvalue weighted by atomic mass is 32.2. The van der Waals surface area contributed by atoms with E-state index in [1.54, 1.807) is 11.8 Å². The molecule has 1 aliphatic rings. The number of nitrogens with zero attached hydrogens (tertiary/aromatic N) is 3. The molecule has 0 bridgehead atoms. The van der Waals surface area contributed by atoms with Crippen LogP contribution >= 0.6 is 11.8 Å². The molecule has 0 unspecified atom stereocenters. The standard InChI is InChI=1S/C23H32N5S/c1-24-12-3-15-27(2)22-8-6-20(7-9-22)4-5-21-10-16-28(17-11-21)18-19-29-23-25-13-14-26-23/h4-11,16-17,24H,3,12-15,18-19H2,1-2H3,(H,25,26)/q+1. The fourth-order valence-electron chi connectivity index (χ4n) is 3.10. The minimum atomic E-state index is 0.909. The highest BCUT2D eigenvalue weighted by Gasteiger charge is 2.07. The molecule has 0 radical (unpaired) electrons. The monoisotopic (exact) mass is 410 g/mol. The van der Waals surface area contributed by atoms with Crippen molar-refractivity contribution in [3.63, 3.8) is 0 Å². The van der Waals surface area contributed by atoms with Crippen molar-refractivity contribution in [2.24, 2.45) is 4.99 Å². The molecule has 0 fully saturated rings. The Morgan fingerprint density at radius 3 is 2.52 bits per heavy atom. The number of thioether (sulfide) groups is 1. The van der Waals surface area contributed by atoms with Crippen LogP contribution in [0, 0.1) is 0 Å². The predicted octanol–water partition coefficient (Wildman–Crippen LogP) is 2.88. The fraction of sp³-hybridized carbons (Fsp3) is 0.391. The lowest BCUT2D eigenvalue weighted by Gasteiger charge is -2.19. The van der Waals surface area contributed by atoms with Crippen LogP contribution in [0.25, 0.3) is 12.2 Å². The molecule has 2 N–H and O–H groups in total. The first-order valence-electron chi connectivity index (χ1n) is 10.3. The van der Waals surface area contributed by atoms with Crippen molar-refractivity contribution >= 4 is 34.8 Å². The van der Waals surface area contributed by atoms with E-state index in [9.17, 15) is 0 Å². The number of hydrogen-bond donors (Lipinski definition) is 2. The summed E-state index contributed by atoms with van der Waals surface area (Å²) in [7, 11) is 4.15. The first-order valence-corrected chi connectivity index (χ1v) is 11.3. The quantitative estimate of drug-likeness (QED) is 0.467. The van der Waals surface area contributed by atoms with Gasteiger partial charge in [-0.05, 0) is 43.3 Å². The van der Waals surface area contributed by atoms with Crippen LogP contribution in [-0.2, 0) is 6.54 Å². The molecule has 29 heavy (non-hydrogen) atoms. The third-order valence-corrected chi connectivity index (χ3v) is 5.80. The first kappa shape index (κ1) is 21.4. The summed E-state index contributed by atoms with van der Waals surface area (Å²) in [6.45, 7) is 4.98. The van der Waals surface area contributed by atoms with Gasteiger partial charge in [0.2, 0.25) is 0 Å². The van der Waals surface area contributed by atoms with Crippen molar-refractivity contribution < 1.29 is 4.57 Å². The van der Waals surface area contributed by atoms with Crippen LogP contribution < -0.4 is 20.1 Å². The molecule has 1 aromatic carbocycles. The number of aryl methyl sites for hydroxylation is 1.